The zero-order chi connectivity index (χ0) is 32.5. The highest BCUT2D eigenvalue weighted by atomic mass is 35.5. The first kappa shape index (κ1) is 35.4. The van der Waals surface area contributed by atoms with Crippen molar-refractivity contribution in [1.82, 2.24) is 0 Å². The molecule has 5 heteroatoms. The Morgan fingerprint density at radius 3 is 2.00 bits per heavy atom. The summed E-state index contributed by atoms with van der Waals surface area (Å²) in [4.78, 5) is 26.5. The van der Waals surface area contributed by atoms with Crippen molar-refractivity contribution in [1.29, 1.82) is 0 Å². The van der Waals surface area contributed by atoms with Gasteiger partial charge in [-0.05, 0) is 142 Å². The third-order valence-corrected chi connectivity index (χ3v) is 17.6. The summed E-state index contributed by atoms with van der Waals surface area (Å²) >= 11 is 0. The average Bonchev–Trinajstić information content (AvgIpc) is 3.40. The highest BCUT2D eigenvalue weighted by Gasteiger charge is 2.71. The van der Waals surface area contributed by atoms with E-state index in [0.717, 1.165) is 25.7 Å². The van der Waals surface area contributed by atoms with Gasteiger partial charge in [-0.3, -0.25) is 9.59 Å². The van der Waals surface area contributed by atoms with E-state index in [1.54, 1.807) is 6.92 Å². The van der Waals surface area contributed by atoms with Crippen LogP contribution in [0.4, 0.5) is 0 Å². The number of hydrogen-bond acceptors (Lipinski definition) is 4. The summed E-state index contributed by atoms with van der Waals surface area (Å²) in [7, 11) is 0. The van der Waals surface area contributed by atoms with E-state index in [1.165, 1.54) is 56.9 Å². The van der Waals surface area contributed by atoms with Crippen LogP contribution >= 0.6 is 12.4 Å². The number of rotatable bonds is 4. The van der Waals surface area contributed by atoms with Crippen molar-refractivity contribution in [2.75, 3.05) is 0 Å². The summed E-state index contributed by atoms with van der Waals surface area (Å²) in [6, 6.07) is 0. The lowest BCUT2D eigenvalue weighted by molar-refractivity contribution is -0.246. The topological polar surface area (TPSA) is 69.4 Å². The lowest BCUT2D eigenvalue weighted by Crippen LogP contribution is -2.68. The molecule has 256 valence electrons. The molecular weight excluding hydrogens is 578 g/mol. The molecule has 0 bridgehead atoms. The minimum absolute atomic E-state index is 0. The van der Waals surface area contributed by atoms with Gasteiger partial charge in [0, 0.05) is 16.4 Å². The Bertz CT molecular complexity index is 1240. The van der Waals surface area contributed by atoms with Gasteiger partial charge in [0.15, 0.2) is 0 Å². The fourth-order valence-electron chi connectivity index (χ4n) is 14.2. The van der Waals surface area contributed by atoms with Crippen LogP contribution in [0.15, 0.2) is 12.2 Å². The SMILES string of the molecule is C=C(C)[C@@H]1CC[C@]2(N)CC[C@]3(C)[C@H](CC[C@@H]4[C@@]5(C)CC[C@H](OC(=O)[C@H]6CC[C@@](C)(C(C)=O)C6(C)C)C(C)(C)[C@@H]5CC[C@]43C)[C@@H]12.Cl. The molecule has 0 saturated heterocycles. The maximum Gasteiger partial charge on any atom is 0.309 e. The van der Waals surface area contributed by atoms with Crippen LogP contribution in [0.2, 0.25) is 0 Å². The number of hydrogen-bond donors (Lipinski definition) is 1. The van der Waals surface area contributed by atoms with Crippen molar-refractivity contribution in [3.63, 3.8) is 0 Å². The van der Waals surface area contributed by atoms with Gasteiger partial charge in [0.25, 0.3) is 0 Å². The summed E-state index contributed by atoms with van der Waals surface area (Å²) < 4.78 is 6.58. The lowest BCUT2D eigenvalue weighted by Gasteiger charge is -2.72. The molecule has 0 unspecified atom stereocenters. The summed E-state index contributed by atoms with van der Waals surface area (Å²) in [5.41, 5.74) is 8.55. The third-order valence-electron chi connectivity index (χ3n) is 17.6. The molecule has 6 aliphatic rings. The van der Waals surface area contributed by atoms with E-state index in [4.69, 9.17) is 10.5 Å². The molecule has 0 radical (unpaired) electrons. The zero-order valence-corrected chi connectivity index (χ0v) is 31.3. The molecular formula is C40H66ClNO3. The summed E-state index contributed by atoms with van der Waals surface area (Å²) in [5, 5.41) is 0. The van der Waals surface area contributed by atoms with Crippen molar-refractivity contribution in [3.05, 3.63) is 12.2 Å². The van der Waals surface area contributed by atoms with Crippen LogP contribution in [-0.2, 0) is 14.3 Å². The number of halogens is 1. The molecule has 6 rings (SSSR count). The van der Waals surface area contributed by atoms with E-state index in [2.05, 4.69) is 68.9 Å². The number of carbonyl (C=O) groups excluding carboxylic acids is 2. The van der Waals surface area contributed by atoms with Crippen LogP contribution in [0.25, 0.3) is 0 Å². The quantitative estimate of drug-likeness (QED) is 0.245. The van der Waals surface area contributed by atoms with Gasteiger partial charge in [0.1, 0.15) is 11.9 Å². The lowest BCUT2D eigenvalue weighted by atomic mass is 9.32. The molecule has 4 nitrogen and oxygen atoms in total. The first-order valence-corrected chi connectivity index (χ1v) is 18.4. The van der Waals surface area contributed by atoms with Crippen LogP contribution in [-0.4, -0.2) is 23.4 Å². The fraction of sp³-hybridized carbons (Fsp3) is 0.900. The molecule has 6 saturated carbocycles. The highest BCUT2D eigenvalue weighted by Crippen LogP contribution is 2.76. The Morgan fingerprint density at radius 2 is 1.40 bits per heavy atom. The van der Waals surface area contributed by atoms with Crippen LogP contribution < -0.4 is 5.73 Å². The maximum atomic E-state index is 13.9. The van der Waals surface area contributed by atoms with E-state index in [1.807, 2.05) is 0 Å². The Kier molecular flexibility index (Phi) is 8.52. The number of esters is 1. The number of ketones is 1. The molecule has 0 amide bonds. The molecule has 0 aromatic carbocycles. The van der Waals surface area contributed by atoms with E-state index in [-0.39, 0.29) is 52.6 Å². The molecule has 0 heterocycles. The molecule has 0 aliphatic heterocycles. The van der Waals surface area contributed by atoms with Crippen molar-refractivity contribution in [3.8, 4) is 0 Å². The number of nitrogens with two attached hydrogens (primary N) is 1. The Balaban J connectivity index is 0.00000400. The van der Waals surface area contributed by atoms with Crippen LogP contribution in [0.1, 0.15) is 146 Å². The minimum atomic E-state index is -0.467. The van der Waals surface area contributed by atoms with E-state index >= 15 is 0 Å². The van der Waals surface area contributed by atoms with Crippen LogP contribution in [0.3, 0.4) is 0 Å². The standard InChI is InChI=1S/C40H65NO3.ClH/c1-24(2)26-14-21-40(41)23-22-38(10)27(32(26)40)12-13-30-36(8)18-17-31(34(4,5)29(36)16-20-39(30,38)11)44-33(43)28-15-19-37(9,25(3)42)35(28,6)7;/h26-32H,1,12-23,41H2,2-11H3;1H/t26-,27+,28+,29-,30+,31-,32+,36-,37-,38+,39+,40-;/m0./s1. The molecule has 0 aromatic heterocycles. The number of carbonyl (C=O) groups is 2. The second-order valence-corrected chi connectivity index (χ2v) is 19.4. The third kappa shape index (κ3) is 4.51. The first-order valence-electron chi connectivity index (χ1n) is 18.4. The number of Topliss-reactive ketones (excluding diaryl/α,β-unsaturated/α-hetero) is 1. The van der Waals surface area contributed by atoms with Gasteiger partial charge in [0.05, 0.1) is 5.92 Å². The summed E-state index contributed by atoms with van der Waals surface area (Å²) in [5.74, 6) is 2.98. The van der Waals surface area contributed by atoms with Crippen molar-refractivity contribution in [2.45, 2.75) is 158 Å². The van der Waals surface area contributed by atoms with Gasteiger partial charge in [-0.2, -0.15) is 0 Å². The van der Waals surface area contributed by atoms with Crippen molar-refractivity contribution < 1.29 is 14.3 Å². The maximum absolute atomic E-state index is 13.9. The van der Waals surface area contributed by atoms with Gasteiger partial charge in [-0.25, -0.2) is 0 Å². The predicted octanol–water partition coefficient (Wildman–Crippen LogP) is 9.72. The second kappa shape index (κ2) is 10.8. The molecule has 6 aliphatic carbocycles. The summed E-state index contributed by atoms with van der Waals surface area (Å²) in [6.07, 6.45) is 13.4. The zero-order valence-electron chi connectivity index (χ0n) is 30.4. The van der Waals surface area contributed by atoms with Crippen LogP contribution in [0.5, 0.6) is 0 Å². The summed E-state index contributed by atoms with van der Waals surface area (Å²) in [6.45, 7) is 27.5. The van der Waals surface area contributed by atoms with E-state index < -0.39 is 10.8 Å². The number of ether oxygens (including phenoxy) is 1. The highest BCUT2D eigenvalue weighted by molar-refractivity contribution is 5.86. The monoisotopic (exact) mass is 643 g/mol. The van der Waals surface area contributed by atoms with Gasteiger partial charge in [0.2, 0.25) is 0 Å². The van der Waals surface area contributed by atoms with Gasteiger partial charge < -0.3 is 10.5 Å². The molecule has 0 aromatic rings. The van der Waals surface area contributed by atoms with Crippen LogP contribution in [0, 0.1) is 68.0 Å². The second-order valence-electron chi connectivity index (χ2n) is 19.4. The first-order chi connectivity index (χ1) is 20.2. The Labute approximate surface area is 281 Å². The predicted molar refractivity (Wildman–Crippen MR) is 186 cm³/mol. The largest absolute Gasteiger partial charge is 0.462 e. The number of allylic oxidation sites excluding steroid dienone is 1. The molecule has 2 N–H and O–H groups in total. The van der Waals surface area contributed by atoms with E-state index in [0.29, 0.717) is 40.4 Å². The molecule has 12 atom stereocenters. The molecule has 6 fully saturated rings. The molecule has 45 heavy (non-hydrogen) atoms. The smallest absolute Gasteiger partial charge is 0.309 e. The molecule has 0 spiro atoms. The normalized spacial score (nSPS) is 51.0. The Morgan fingerprint density at radius 1 is 0.733 bits per heavy atom. The van der Waals surface area contributed by atoms with Crippen molar-refractivity contribution in [2.24, 2.45) is 73.7 Å². The Hall–Kier alpha value is -0.870. The van der Waals surface area contributed by atoms with Gasteiger partial charge >= 0.3 is 5.97 Å². The van der Waals surface area contributed by atoms with Gasteiger partial charge in [-0.15, -0.1) is 12.4 Å². The number of fused-ring (bicyclic) bond motifs is 7. The van der Waals surface area contributed by atoms with E-state index in [9.17, 15) is 9.59 Å². The van der Waals surface area contributed by atoms with Crippen molar-refractivity contribution >= 4 is 24.2 Å². The average molecular weight is 644 g/mol. The minimum Gasteiger partial charge on any atom is -0.462 e. The van der Waals surface area contributed by atoms with Gasteiger partial charge in [-0.1, -0.05) is 67.5 Å². The fourth-order valence-corrected chi connectivity index (χ4v) is 14.2.